The van der Waals surface area contributed by atoms with Crippen LogP contribution >= 0.6 is 0 Å². The SMILES string of the molecule is CC1CCC(CN)(N(C)S(=O)(=O)CC(C)(C)C)CC1. The summed E-state index contributed by atoms with van der Waals surface area (Å²) < 4.78 is 26.7. The zero-order chi connectivity index (χ0) is 14.9. The summed E-state index contributed by atoms with van der Waals surface area (Å²) in [5.41, 5.74) is 5.34. The maximum Gasteiger partial charge on any atom is 0.214 e. The summed E-state index contributed by atoms with van der Waals surface area (Å²) in [6, 6.07) is 0. The van der Waals surface area contributed by atoms with Gasteiger partial charge < -0.3 is 5.73 Å². The lowest BCUT2D eigenvalue weighted by Gasteiger charge is -2.45. The predicted molar refractivity (Wildman–Crippen MR) is 80.4 cm³/mol. The van der Waals surface area contributed by atoms with E-state index in [1.54, 1.807) is 11.4 Å². The van der Waals surface area contributed by atoms with Crippen molar-refractivity contribution in [2.75, 3.05) is 19.3 Å². The predicted octanol–water partition coefficient (Wildman–Crippen LogP) is 2.20. The summed E-state index contributed by atoms with van der Waals surface area (Å²) in [6.07, 6.45) is 3.88. The minimum atomic E-state index is -3.25. The van der Waals surface area contributed by atoms with Gasteiger partial charge in [0.2, 0.25) is 10.0 Å². The van der Waals surface area contributed by atoms with Gasteiger partial charge in [-0.3, -0.25) is 0 Å². The Morgan fingerprint density at radius 3 is 2.11 bits per heavy atom. The maximum atomic E-state index is 12.6. The molecule has 0 heterocycles. The molecule has 5 heteroatoms. The second-order valence-corrected chi connectivity index (χ2v) is 9.40. The zero-order valence-electron chi connectivity index (χ0n) is 13.1. The van der Waals surface area contributed by atoms with Crippen LogP contribution in [0.1, 0.15) is 53.4 Å². The third-order valence-corrected chi connectivity index (χ3v) is 6.74. The fourth-order valence-corrected chi connectivity index (χ4v) is 5.02. The number of nitrogens with zero attached hydrogens (tertiary/aromatic N) is 1. The molecule has 1 aliphatic carbocycles. The van der Waals surface area contributed by atoms with Gasteiger partial charge in [-0.15, -0.1) is 0 Å². The molecule has 4 nitrogen and oxygen atoms in total. The van der Waals surface area contributed by atoms with E-state index >= 15 is 0 Å². The quantitative estimate of drug-likeness (QED) is 0.863. The van der Waals surface area contributed by atoms with Gasteiger partial charge in [0.25, 0.3) is 0 Å². The van der Waals surface area contributed by atoms with Crippen LogP contribution in [0.3, 0.4) is 0 Å². The molecule has 0 aliphatic heterocycles. The second kappa shape index (κ2) is 5.70. The monoisotopic (exact) mass is 290 g/mol. The van der Waals surface area contributed by atoms with Crippen molar-refractivity contribution in [1.82, 2.24) is 4.31 Å². The average molecular weight is 290 g/mol. The van der Waals surface area contributed by atoms with Crippen LogP contribution in [-0.4, -0.2) is 37.6 Å². The highest BCUT2D eigenvalue weighted by molar-refractivity contribution is 7.89. The van der Waals surface area contributed by atoms with E-state index in [2.05, 4.69) is 6.92 Å². The Morgan fingerprint density at radius 2 is 1.74 bits per heavy atom. The normalized spacial score (nSPS) is 29.7. The first kappa shape index (κ1) is 16.9. The molecule has 114 valence electrons. The third kappa shape index (κ3) is 4.17. The van der Waals surface area contributed by atoms with E-state index in [1.165, 1.54) is 0 Å². The number of sulfonamides is 1. The molecule has 0 aromatic carbocycles. The topological polar surface area (TPSA) is 63.4 Å². The van der Waals surface area contributed by atoms with Crippen LogP contribution in [0.5, 0.6) is 0 Å². The van der Waals surface area contributed by atoms with Gasteiger partial charge in [0, 0.05) is 19.1 Å². The Labute approximate surface area is 118 Å². The van der Waals surface area contributed by atoms with E-state index in [-0.39, 0.29) is 16.7 Å². The molecule has 0 atom stereocenters. The van der Waals surface area contributed by atoms with Crippen molar-refractivity contribution in [2.45, 2.75) is 58.9 Å². The lowest BCUT2D eigenvalue weighted by atomic mass is 9.77. The lowest BCUT2D eigenvalue weighted by Crippen LogP contribution is -2.57. The molecule has 0 unspecified atom stereocenters. The molecule has 19 heavy (non-hydrogen) atoms. The molecule has 0 aromatic heterocycles. The van der Waals surface area contributed by atoms with Crippen molar-refractivity contribution < 1.29 is 8.42 Å². The van der Waals surface area contributed by atoms with Crippen LogP contribution in [0, 0.1) is 11.3 Å². The van der Waals surface area contributed by atoms with E-state index in [0.717, 1.165) is 25.7 Å². The molecular weight excluding hydrogens is 260 g/mol. The Hall–Kier alpha value is -0.130. The number of rotatable bonds is 4. The van der Waals surface area contributed by atoms with Gasteiger partial charge in [0.15, 0.2) is 0 Å². The van der Waals surface area contributed by atoms with Crippen molar-refractivity contribution >= 4 is 10.0 Å². The van der Waals surface area contributed by atoms with Crippen molar-refractivity contribution in [3.8, 4) is 0 Å². The molecule has 1 fully saturated rings. The Balaban J connectivity index is 2.93. The van der Waals surface area contributed by atoms with Crippen LogP contribution in [0.2, 0.25) is 0 Å². The van der Waals surface area contributed by atoms with Gasteiger partial charge in [-0.25, -0.2) is 8.42 Å². The molecule has 0 radical (unpaired) electrons. The smallest absolute Gasteiger partial charge is 0.214 e. The van der Waals surface area contributed by atoms with Crippen molar-refractivity contribution in [1.29, 1.82) is 0 Å². The molecule has 0 aromatic rings. The van der Waals surface area contributed by atoms with Crippen LogP contribution in [0.15, 0.2) is 0 Å². The Kier molecular flexibility index (Phi) is 5.08. The summed E-state index contributed by atoms with van der Waals surface area (Å²) in [5.74, 6) is 0.853. The highest BCUT2D eigenvalue weighted by Crippen LogP contribution is 2.37. The highest BCUT2D eigenvalue weighted by atomic mass is 32.2. The summed E-state index contributed by atoms with van der Waals surface area (Å²) >= 11 is 0. The van der Waals surface area contributed by atoms with Gasteiger partial charge in [0.1, 0.15) is 0 Å². The number of hydrogen-bond donors (Lipinski definition) is 1. The standard InChI is InChI=1S/C14H30N2O2S/c1-12-6-8-14(10-15,9-7-12)16(5)19(17,18)11-13(2,3)4/h12H,6-11,15H2,1-5H3. The van der Waals surface area contributed by atoms with Crippen LogP contribution in [0.4, 0.5) is 0 Å². The summed E-state index contributed by atoms with van der Waals surface area (Å²) in [4.78, 5) is 0. The molecule has 0 saturated heterocycles. The first-order chi connectivity index (χ1) is 8.52. The van der Waals surface area contributed by atoms with Crippen molar-refractivity contribution in [2.24, 2.45) is 17.1 Å². The van der Waals surface area contributed by atoms with E-state index in [0.29, 0.717) is 12.5 Å². The number of nitrogens with two attached hydrogens (primary N) is 1. The van der Waals surface area contributed by atoms with E-state index in [9.17, 15) is 8.42 Å². The maximum absolute atomic E-state index is 12.6. The van der Waals surface area contributed by atoms with Crippen LogP contribution in [-0.2, 0) is 10.0 Å². The van der Waals surface area contributed by atoms with Gasteiger partial charge in [0.05, 0.1) is 5.75 Å². The van der Waals surface area contributed by atoms with Gasteiger partial charge in [-0.2, -0.15) is 4.31 Å². The molecule has 0 amide bonds. The minimum absolute atomic E-state index is 0.174. The van der Waals surface area contributed by atoms with Crippen LogP contribution < -0.4 is 5.73 Å². The van der Waals surface area contributed by atoms with E-state index in [1.807, 2.05) is 20.8 Å². The molecule has 0 spiro atoms. The summed E-state index contributed by atoms with van der Waals surface area (Å²) in [5, 5.41) is 0. The van der Waals surface area contributed by atoms with E-state index in [4.69, 9.17) is 5.73 Å². The molecule has 0 bridgehead atoms. The number of likely N-dealkylation sites (N-methyl/N-ethyl adjacent to an activating group) is 1. The first-order valence-corrected chi connectivity index (χ1v) is 8.80. The van der Waals surface area contributed by atoms with Crippen molar-refractivity contribution in [3.05, 3.63) is 0 Å². The Morgan fingerprint density at radius 1 is 1.26 bits per heavy atom. The summed E-state index contributed by atoms with van der Waals surface area (Å²) in [6.45, 7) is 8.51. The average Bonchev–Trinajstić information content (AvgIpc) is 2.26. The van der Waals surface area contributed by atoms with Crippen LogP contribution in [0.25, 0.3) is 0 Å². The fourth-order valence-electron chi connectivity index (χ4n) is 2.89. The fraction of sp³-hybridized carbons (Fsp3) is 1.00. The molecule has 2 N–H and O–H groups in total. The third-order valence-electron chi connectivity index (χ3n) is 4.29. The van der Waals surface area contributed by atoms with Crippen molar-refractivity contribution in [3.63, 3.8) is 0 Å². The number of hydrogen-bond acceptors (Lipinski definition) is 3. The summed E-state index contributed by atoms with van der Waals surface area (Å²) in [7, 11) is -1.54. The largest absolute Gasteiger partial charge is 0.329 e. The van der Waals surface area contributed by atoms with Gasteiger partial charge >= 0.3 is 0 Å². The lowest BCUT2D eigenvalue weighted by molar-refractivity contribution is 0.134. The Bertz CT molecular complexity index is 390. The van der Waals surface area contributed by atoms with E-state index < -0.39 is 10.0 Å². The second-order valence-electron chi connectivity index (χ2n) is 7.40. The molecule has 1 rings (SSSR count). The van der Waals surface area contributed by atoms with Gasteiger partial charge in [-0.05, 0) is 37.0 Å². The first-order valence-electron chi connectivity index (χ1n) is 7.19. The minimum Gasteiger partial charge on any atom is -0.329 e. The molecule has 1 saturated carbocycles. The highest BCUT2D eigenvalue weighted by Gasteiger charge is 2.42. The zero-order valence-corrected chi connectivity index (χ0v) is 13.9. The molecule has 1 aliphatic rings. The van der Waals surface area contributed by atoms with Gasteiger partial charge in [-0.1, -0.05) is 27.7 Å². The molecular formula is C14H30N2O2S.